The predicted octanol–water partition coefficient (Wildman–Crippen LogP) is 3.40. The molecule has 0 aliphatic heterocycles. The van der Waals surface area contributed by atoms with Gasteiger partial charge in [0.05, 0.1) is 29.3 Å². The first-order valence-electron chi connectivity index (χ1n) is 9.73. The van der Waals surface area contributed by atoms with E-state index in [0.29, 0.717) is 42.1 Å². The summed E-state index contributed by atoms with van der Waals surface area (Å²) in [5.74, 6) is 1.31. The van der Waals surface area contributed by atoms with Crippen molar-refractivity contribution in [1.82, 2.24) is 9.29 Å². The minimum absolute atomic E-state index is 0.0655. The van der Waals surface area contributed by atoms with Crippen molar-refractivity contribution >= 4 is 31.6 Å². The number of nitrogens with zero attached hydrogens (tertiary/aromatic N) is 1. The topological polar surface area (TPSA) is 86.6 Å². The summed E-state index contributed by atoms with van der Waals surface area (Å²) < 4.78 is 40.9. The van der Waals surface area contributed by atoms with Crippen LogP contribution in [-0.2, 0) is 23.0 Å². The van der Waals surface area contributed by atoms with Crippen molar-refractivity contribution in [3.63, 3.8) is 0 Å². The highest BCUT2D eigenvalue weighted by atomic mass is 32.2. The molecule has 0 saturated heterocycles. The predicted molar refractivity (Wildman–Crippen MR) is 119 cm³/mol. The van der Waals surface area contributed by atoms with E-state index in [1.165, 1.54) is 0 Å². The Labute approximate surface area is 180 Å². The molecule has 9 heteroatoms. The van der Waals surface area contributed by atoms with Crippen LogP contribution in [0.3, 0.4) is 0 Å². The molecule has 0 amide bonds. The van der Waals surface area contributed by atoms with Crippen molar-refractivity contribution in [2.75, 3.05) is 20.8 Å². The summed E-state index contributed by atoms with van der Waals surface area (Å²) in [5, 5.41) is 0. The van der Waals surface area contributed by atoms with Gasteiger partial charge in [-0.05, 0) is 55.2 Å². The smallest absolute Gasteiger partial charge is 0.308 e. The zero-order valence-electron chi connectivity index (χ0n) is 17.3. The van der Waals surface area contributed by atoms with E-state index in [1.807, 2.05) is 25.1 Å². The van der Waals surface area contributed by atoms with Gasteiger partial charge in [-0.3, -0.25) is 9.36 Å². The average molecular weight is 451 g/mol. The van der Waals surface area contributed by atoms with Crippen LogP contribution >= 0.6 is 11.3 Å². The third kappa shape index (κ3) is 4.85. The number of benzene rings is 2. The number of hydrogen-bond donors (Lipinski definition) is 1. The number of methoxy groups -OCH3 is 2. The molecule has 0 aliphatic carbocycles. The zero-order valence-corrected chi connectivity index (χ0v) is 18.9. The lowest BCUT2D eigenvalue weighted by Crippen LogP contribution is -2.25. The number of fused-ring (bicyclic) bond motifs is 1. The summed E-state index contributed by atoms with van der Waals surface area (Å²) >= 11 is 1.07. The van der Waals surface area contributed by atoms with Crippen molar-refractivity contribution in [3.8, 4) is 11.5 Å². The molecule has 0 spiro atoms. The number of thiazole rings is 1. The van der Waals surface area contributed by atoms with Gasteiger partial charge in [-0.2, -0.15) is 0 Å². The van der Waals surface area contributed by atoms with E-state index in [9.17, 15) is 13.2 Å². The van der Waals surface area contributed by atoms with Crippen LogP contribution in [0.4, 0.5) is 0 Å². The normalized spacial score (nSPS) is 11.7. The van der Waals surface area contributed by atoms with Crippen LogP contribution in [0.5, 0.6) is 11.5 Å². The monoisotopic (exact) mass is 450 g/mol. The molecule has 0 saturated carbocycles. The third-order valence-electron chi connectivity index (χ3n) is 4.78. The summed E-state index contributed by atoms with van der Waals surface area (Å²) in [7, 11) is -0.477. The molecular weight excluding hydrogens is 424 g/mol. The van der Waals surface area contributed by atoms with Gasteiger partial charge in [-0.25, -0.2) is 13.1 Å². The molecule has 2 aromatic carbocycles. The molecule has 1 N–H and O–H groups in total. The highest BCUT2D eigenvalue weighted by Gasteiger charge is 2.16. The van der Waals surface area contributed by atoms with Gasteiger partial charge in [-0.15, -0.1) is 0 Å². The minimum Gasteiger partial charge on any atom is -0.493 e. The van der Waals surface area contributed by atoms with E-state index < -0.39 is 10.0 Å². The van der Waals surface area contributed by atoms with E-state index >= 15 is 0 Å². The van der Waals surface area contributed by atoms with Gasteiger partial charge < -0.3 is 9.47 Å². The Bertz CT molecular complexity index is 1180. The fourth-order valence-electron chi connectivity index (χ4n) is 3.27. The second-order valence-corrected chi connectivity index (χ2v) is 9.60. The highest BCUT2D eigenvalue weighted by molar-refractivity contribution is 7.89. The van der Waals surface area contributed by atoms with E-state index in [-0.39, 0.29) is 9.77 Å². The average Bonchev–Trinajstić information content (AvgIpc) is 3.05. The zero-order chi connectivity index (χ0) is 21.7. The molecule has 3 aromatic rings. The molecule has 1 aromatic heterocycles. The van der Waals surface area contributed by atoms with Crippen LogP contribution < -0.4 is 19.1 Å². The Morgan fingerprint density at radius 1 is 1.07 bits per heavy atom. The summed E-state index contributed by atoms with van der Waals surface area (Å²) in [6.07, 6.45) is 2.17. The molecule has 7 nitrogen and oxygen atoms in total. The molecule has 30 heavy (non-hydrogen) atoms. The Balaban J connectivity index is 1.65. The third-order valence-corrected chi connectivity index (χ3v) is 7.18. The van der Waals surface area contributed by atoms with Gasteiger partial charge >= 0.3 is 4.87 Å². The van der Waals surface area contributed by atoms with Crippen molar-refractivity contribution in [2.45, 2.75) is 37.6 Å². The molecule has 0 atom stereocenters. The van der Waals surface area contributed by atoms with Crippen LogP contribution in [0.1, 0.15) is 25.3 Å². The van der Waals surface area contributed by atoms with Crippen molar-refractivity contribution in [3.05, 3.63) is 51.6 Å². The lowest BCUT2D eigenvalue weighted by molar-refractivity contribution is 0.354. The van der Waals surface area contributed by atoms with Crippen molar-refractivity contribution in [2.24, 2.45) is 0 Å². The van der Waals surface area contributed by atoms with Crippen LogP contribution in [0.2, 0.25) is 0 Å². The molecule has 0 unspecified atom stereocenters. The van der Waals surface area contributed by atoms with Gasteiger partial charge in [-0.1, -0.05) is 24.3 Å². The Kier molecular flexibility index (Phi) is 7.17. The Morgan fingerprint density at radius 3 is 2.53 bits per heavy atom. The van der Waals surface area contributed by atoms with Gasteiger partial charge in [0.15, 0.2) is 11.5 Å². The lowest BCUT2D eigenvalue weighted by Gasteiger charge is -2.10. The maximum atomic E-state index is 12.7. The first-order chi connectivity index (χ1) is 14.4. The van der Waals surface area contributed by atoms with Gasteiger partial charge in [0, 0.05) is 13.1 Å². The van der Waals surface area contributed by atoms with E-state index in [4.69, 9.17) is 9.47 Å². The minimum atomic E-state index is -3.64. The summed E-state index contributed by atoms with van der Waals surface area (Å²) in [5.41, 5.74) is 1.81. The summed E-state index contributed by atoms with van der Waals surface area (Å²) in [6.45, 7) is 2.93. The number of sulfonamides is 1. The van der Waals surface area contributed by atoms with Crippen LogP contribution in [0, 0.1) is 0 Å². The Hall–Kier alpha value is -2.36. The van der Waals surface area contributed by atoms with Crippen LogP contribution in [0.15, 0.2) is 46.1 Å². The molecule has 1 heterocycles. The number of aromatic nitrogens is 1. The largest absolute Gasteiger partial charge is 0.493 e. The van der Waals surface area contributed by atoms with Crippen LogP contribution in [0.25, 0.3) is 10.2 Å². The van der Waals surface area contributed by atoms with Crippen molar-refractivity contribution < 1.29 is 17.9 Å². The second kappa shape index (κ2) is 9.63. The molecule has 0 bridgehead atoms. The first kappa shape index (κ1) is 22.3. The molecule has 162 valence electrons. The maximum Gasteiger partial charge on any atom is 0.308 e. The molecule has 0 fully saturated rings. The van der Waals surface area contributed by atoms with Gasteiger partial charge in [0.25, 0.3) is 0 Å². The van der Waals surface area contributed by atoms with E-state index in [1.54, 1.807) is 37.0 Å². The molecular formula is C21H26N2O5S2. The van der Waals surface area contributed by atoms with Gasteiger partial charge in [0.1, 0.15) is 0 Å². The van der Waals surface area contributed by atoms with Crippen LogP contribution in [-0.4, -0.2) is 33.7 Å². The van der Waals surface area contributed by atoms with Gasteiger partial charge in [0.2, 0.25) is 10.0 Å². The van der Waals surface area contributed by atoms with E-state index in [2.05, 4.69) is 4.72 Å². The molecule has 3 rings (SSSR count). The molecule has 0 aliphatic rings. The lowest BCUT2D eigenvalue weighted by atomic mass is 10.1. The number of hydrogen-bond acceptors (Lipinski definition) is 6. The number of rotatable bonds is 10. The highest BCUT2D eigenvalue weighted by Crippen LogP contribution is 2.28. The van der Waals surface area contributed by atoms with Crippen molar-refractivity contribution in [1.29, 1.82) is 0 Å². The standard InChI is InChI=1S/C21H26N2O5S2/c1-4-12-23-17-9-8-16(14-20(17)29-21(23)24)30(25,26)22-11-5-6-15-7-10-18(27-2)19(13-15)28-3/h7-10,13-14,22H,4-6,11-12H2,1-3H3. The first-order valence-corrected chi connectivity index (χ1v) is 12.0. The fourth-order valence-corrected chi connectivity index (χ4v) is 5.40. The molecule has 0 radical (unpaired) electrons. The number of ether oxygens (including phenoxy) is 2. The number of nitrogens with one attached hydrogen (secondary N) is 1. The summed E-state index contributed by atoms with van der Waals surface area (Å²) in [4.78, 5) is 12.2. The van der Waals surface area contributed by atoms with E-state index in [0.717, 1.165) is 28.8 Å². The number of aryl methyl sites for hydroxylation is 2. The summed E-state index contributed by atoms with van der Waals surface area (Å²) in [6, 6.07) is 10.5. The Morgan fingerprint density at radius 2 is 1.83 bits per heavy atom. The maximum absolute atomic E-state index is 12.7. The quantitative estimate of drug-likeness (QED) is 0.479. The SMILES string of the molecule is CCCn1c(=O)sc2cc(S(=O)(=O)NCCCc3ccc(OC)c(OC)c3)ccc21. The fraction of sp³-hybridized carbons (Fsp3) is 0.381. The second-order valence-electron chi connectivity index (χ2n) is 6.84.